The van der Waals surface area contributed by atoms with Gasteiger partial charge in [-0.2, -0.15) is 0 Å². The lowest BCUT2D eigenvalue weighted by atomic mass is 10.1. The van der Waals surface area contributed by atoms with Crippen LogP contribution in [0, 0.1) is 0 Å². The Morgan fingerprint density at radius 1 is 1.47 bits per heavy atom. The number of oxime groups is 1. The molecule has 0 radical (unpaired) electrons. The summed E-state index contributed by atoms with van der Waals surface area (Å²) in [4.78, 5) is 15.4. The van der Waals surface area contributed by atoms with Crippen molar-refractivity contribution >= 4 is 11.8 Å². The molecule has 0 aliphatic rings. The molecular formula is C11H12N2O2. The minimum absolute atomic E-state index is 0.634. The van der Waals surface area contributed by atoms with Gasteiger partial charge in [-0.1, -0.05) is 42.1 Å². The molecule has 0 atom stereocenters. The van der Waals surface area contributed by atoms with Crippen LogP contribution in [0.4, 0.5) is 4.79 Å². The lowest BCUT2D eigenvalue weighted by Gasteiger charge is -1.99. The molecule has 4 heteroatoms. The van der Waals surface area contributed by atoms with Crippen LogP contribution in [0.1, 0.15) is 12.5 Å². The molecular weight excluding hydrogens is 192 g/mol. The second-order valence-corrected chi connectivity index (χ2v) is 2.77. The Hall–Kier alpha value is -2.10. The van der Waals surface area contributed by atoms with Gasteiger partial charge in [-0.05, 0) is 12.5 Å². The number of benzene rings is 1. The first-order valence-electron chi connectivity index (χ1n) is 4.42. The third-order valence-corrected chi connectivity index (χ3v) is 1.68. The molecule has 0 saturated carbocycles. The van der Waals surface area contributed by atoms with Gasteiger partial charge in [0, 0.05) is 6.20 Å². The van der Waals surface area contributed by atoms with Crippen LogP contribution in [-0.4, -0.2) is 11.8 Å². The van der Waals surface area contributed by atoms with E-state index in [2.05, 4.69) is 21.9 Å². The number of hydrogen-bond donors (Lipinski definition) is 1. The number of nitrogens with one attached hydrogen (secondary N) is 1. The lowest BCUT2D eigenvalue weighted by molar-refractivity contribution is 0.155. The Morgan fingerprint density at radius 3 is 2.73 bits per heavy atom. The van der Waals surface area contributed by atoms with Crippen molar-refractivity contribution in [2.75, 3.05) is 0 Å². The van der Waals surface area contributed by atoms with E-state index in [1.54, 1.807) is 6.92 Å². The van der Waals surface area contributed by atoms with Crippen molar-refractivity contribution in [3.8, 4) is 0 Å². The molecule has 1 rings (SSSR count). The second kappa shape index (κ2) is 5.59. The smallest absolute Gasteiger partial charge is 0.298 e. The molecule has 15 heavy (non-hydrogen) atoms. The van der Waals surface area contributed by atoms with Crippen molar-refractivity contribution in [2.45, 2.75) is 6.92 Å². The second-order valence-electron chi connectivity index (χ2n) is 2.77. The molecule has 0 heterocycles. The maximum Gasteiger partial charge on any atom is 0.437 e. The number of amides is 1. The minimum Gasteiger partial charge on any atom is -0.298 e. The summed E-state index contributed by atoms with van der Waals surface area (Å²) in [5.74, 6) is 0. The van der Waals surface area contributed by atoms with Gasteiger partial charge in [0.05, 0.1) is 5.71 Å². The maximum absolute atomic E-state index is 10.9. The molecule has 0 bridgehead atoms. The van der Waals surface area contributed by atoms with Gasteiger partial charge in [-0.25, -0.2) is 4.79 Å². The zero-order valence-electron chi connectivity index (χ0n) is 8.43. The van der Waals surface area contributed by atoms with Crippen LogP contribution in [0.15, 0.2) is 48.3 Å². The van der Waals surface area contributed by atoms with Gasteiger partial charge in [-0.15, -0.1) is 0 Å². The van der Waals surface area contributed by atoms with Gasteiger partial charge >= 0.3 is 6.09 Å². The highest BCUT2D eigenvalue weighted by molar-refractivity contribution is 5.98. The number of carbonyl (C=O) groups excluding carboxylic acids is 1. The Balaban J connectivity index is 2.61. The summed E-state index contributed by atoms with van der Waals surface area (Å²) in [6.07, 6.45) is 0.579. The topological polar surface area (TPSA) is 50.7 Å². The molecule has 0 spiro atoms. The molecule has 0 fully saturated rings. The molecule has 1 N–H and O–H groups in total. The van der Waals surface area contributed by atoms with E-state index < -0.39 is 6.09 Å². The van der Waals surface area contributed by atoms with Gasteiger partial charge in [0.1, 0.15) is 0 Å². The van der Waals surface area contributed by atoms with Crippen molar-refractivity contribution in [2.24, 2.45) is 5.16 Å². The zero-order chi connectivity index (χ0) is 11.1. The lowest BCUT2D eigenvalue weighted by Crippen LogP contribution is -2.16. The van der Waals surface area contributed by atoms with Crippen molar-refractivity contribution in [3.63, 3.8) is 0 Å². The van der Waals surface area contributed by atoms with Crippen LogP contribution < -0.4 is 5.32 Å². The molecule has 78 valence electrons. The van der Waals surface area contributed by atoms with E-state index in [4.69, 9.17) is 0 Å². The van der Waals surface area contributed by atoms with Crippen LogP contribution in [0.5, 0.6) is 0 Å². The number of nitrogens with zero attached hydrogens (tertiary/aromatic N) is 1. The van der Waals surface area contributed by atoms with E-state index in [1.807, 2.05) is 30.3 Å². The third-order valence-electron chi connectivity index (χ3n) is 1.68. The van der Waals surface area contributed by atoms with E-state index in [0.717, 1.165) is 5.56 Å². The van der Waals surface area contributed by atoms with Gasteiger partial charge < -0.3 is 0 Å². The fourth-order valence-electron chi connectivity index (χ4n) is 0.952. The van der Waals surface area contributed by atoms with E-state index >= 15 is 0 Å². The fourth-order valence-corrected chi connectivity index (χ4v) is 0.952. The molecule has 1 aromatic carbocycles. The highest BCUT2D eigenvalue weighted by Gasteiger charge is 1.99. The maximum atomic E-state index is 10.9. The van der Waals surface area contributed by atoms with E-state index in [9.17, 15) is 4.79 Å². The first-order valence-corrected chi connectivity index (χ1v) is 4.42. The zero-order valence-corrected chi connectivity index (χ0v) is 8.43. The number of rotatable bonds is 3. The monoisotopic (exact) mass is 204 g/mol. The minimum atomic E-state index is -0.653. The highest BCUT2D eigenvalue weighted by Crippen LogP contribution is 2.00. The van der Waals surface area contributed by atoms with Gasteiger partial charge in [-0.3, -0.25) is 10.2 Å². The molecule has 4 nitrogen and oxygen atoms in total. The van der Waals surface area contributed by atoms with Crippen LogP contribution in [-0.2, 0) is 4.84 Å². The van der Waals surface area contributed by atoms with Crippen molar-refractivity contribution in [1.29, 1.82) is 0 Å². The van der Waals surface area contributed by atoms with Crippen molar-refractivity contribution in [3.05, 3.63) is 48.7 Å². The molecule has 0 saturated heterocycles. The van der Waals surface area contributed by atoms with Crippen LogP contribution >= 0.6 is 0 Å². The summed E-state index contributed by atoms with van der Waals surface area (Å²) >= 11 is 0. The van der Waals surface area contributed by atoms with Crippen LogP contribution in [0.25, 0.3) is 0 Å². The molecule has 0 aliphatic carbocycles. The summed E-state index contributed by atoms with van der Waals surface area (Å²) in [6, 6.07) is 9.44. The summed E-state index contributed by atoms with van der Waals surface area (Å²) in [6.45, 7) is 5.09. The largest absolute Gasteiger partial charge is 0.437 e. The van der Waals surface area contributed by atoms with Gasteiger partial charge in [0.2, 0.25) is 0 Å². The number of carbonyl (C=O) groups is 1. The van der Waals surface area contributed by atoms with Crippen LogP contribution in [0.2, 0.25) is 0 Å². The molecule has 1 aromatic rings. The Bertz CT molecular complexity index is 371. The molecule has 0 aromatic heterocycles. The summed E-state index contributed by atoms with van der Waals surface area (Å²) in [5, 5.41) is 5.92. The average Bonchev–Trinajstić information content (AvgIpc) is 2.27. The Morgan fingerprint density at radius 2 is 2.13 bits per heavy atom. The van der Waals surface area contributed by atoms with Crippen molar-refractivity contribution in [1.82, 2.24) is 5.32 Å². The summed E-state index contributed by atoms with van der Waals surface area (Å²) in [7, 11) is 0. The molecule has 0 aliphatic heterocycles. The quantitative estimate of drug-likeness (QED) is 0.466. The standard InChI is InChI=1S/C11H12N2O2/c1-3-12-11(14)15-13-9(2)10-7-5-4-6-8-10/h3-8H,1H2,2H3,(H,12,14)/b13-9+. The Kier molecular flexibility index (Phi) is 4.09. The Labute approximate surface area is 88.2 Å². The van der Waals surface area contributed by atoms with Gasteiger partial charge in [0.25, 0.3) is 0 Å². The first kappa shape index (κ1) is 11.0. The third kappa shape index (κ3) is 3.64. The van der Waals surface area contributed by atoms with E-state index in [-0.39, 0.29) is 0 Å². The molecule has 0 unspecified atom stereocenters. The van der Waals surface area contributed by atoms with Gasteiger partial charge in [0.15, 0.2) is 0 Å². The normalized spacial score (nSPS) is 10.6. The SMILES string of the molecule is C=CNC(=O)O/N=C(\C)c1ccccc1. The predicted octanol–water partition coefficient (Wildman–Crippen LogP) is 2.28. The van der Waals surface area contributed by atoms with E-state index in [0.29, 0.717) is 5.71 Å². The summed E-state index contributed by atoms with van der Waals surface area (Å²) in [5.41, 5.74) is 1.54. The van der Waals surface area contributed by atoms with Crippen molar-refractivity contribution < 1.29 is 9.63 Å². The fraction of sp³-hybridized carbons (Fsp3) is 0.0909. The predicted molar refractivity (Wildman–Crippen MR) is 58.5 cm³/mol. The van der Waals surface area contributed by atoms with Crippen LogP contribution in [0.3, 0.4) is 0 Å². The van der Waals surface area contributed by atoms with E-state index in [1.165, 1.54) is 6.20 Å². The highest BCUT2D eigenvalue weighted by atomic mass is 16.7. The molecule has 1 amide bonds. The number of hydrogen-bond acceptors (Lipinski definition) is 3. The first-order chi connectivity index (χ1) is 7.24. The summed E-state index contributed by atoms with van der Waals surface area (Å²) < 4.78 is 0. The average molecular weight is 204 g/mol.